The highest BCUT2D eigenvalue weighted by molar-refractivity contribution is 5.67. The van der Waals surface area contributed by atoms with Crippen LogP contribution in [0.5, 0.6) is 5.75 Å². The van der Waals surface area contributed by atoms with Gasteiger partial charge in [0, 0.05) is 6.42 Å². The van der Waals surface area contributed by atoms with Crippen LogP contribution in [0.15, 0.2) is 18.2 Å². The Kier molecular flexibility index (Phi) is 3.81. The molecule has 0 bridgehead atoms. The summed E-state index contributed by atoms with van der Waals surface area (Å²) in [7, 11) is 0. The molecule has 1 heterocycles. The molecule has 0 saturated carbocycles. The SMILES string of the molecule is CC(C)(CCc1ccc2c(c1)CC(C)(C)O2)CC(=O)O. The van der Waals surface area contributed by atoms with Gasteiger partial charge in [-0.25, -0.2) is 0 Å². The summed E-state index contributed by atoms with van der Waals surface area (Å²) < 4.78 is 5.87. The third-order valence-electron chi connectivity index (χ3n) is 3.85. The van der Waals surface area contributed by atoms with Crippen molar-refractivity contribution in [3.63, 3.8) is 0 Å². The van der Waals surface area contributed by atoms with Gasteiger partial charge in [-0.1, -0.05) is 26.0 Å². The molecule has 2 rings (SSSR count). The first-order valence-corrected chi connectivity index (χ1v) is 7.20. The minimum absolute atomic E-state index is 0.108. The maximum Gasteiger partial charge on any atom is 0.303 e. The summed E-state index contributed by atoms with van der Waals surface area (Å²) in [5.41, 5.74) is 2.26. The van der Waals surface area contributed by atoms with Crippen molar-refractivity contribution in [3.8, 4) is 5.75 Å². The Bertz CT molecular complexity index is 515. The second-order valence-corrected chi connectivity index (χ2v) is 7.22. The molecule has 20 heavy (non-hydrogen) atoms. The van der Waals surface area contributed by atoms with Crippen LogP contribution in [0.3, 0.4) is 0 Å². The van der Waals surface area contributed by atoms with E-state index in [0.29, 0.717) is 0 Å². The molecule has 3 heteroatoms. The third kappa shape index (κ3) is 3.75. The van der Waals surface area contributed by atoms with Gasteiger partial charge in [0.25, 0.3) is 0 Å². The highest BCUT2D eigenvalue weighted by Gasteiger charge is 2.30. The van der Waals surface area contributed by atoms with Crippen molar-refractivity contribution in [2.75, 3.05) is 0 Å². The smallest absolute Gasteiger partial charge is 0.303 e. The van der Waals surface area contributed by atoms with Crippen molar-refractivity contribution in [2.45, 2.75) is 59.0 Å². The molecule has 0 atom stereocenters. The van der Waals surface area contributed by atoms with Crippen molar-refractivity contribution >= 4 is 5.97 Å². The molecule has 0 fully saturated rings. The molecule has 3 nitrogen and oxygen atoms in total. The minimum Gasteiger partial charge on any atom is -0.487 e. The number of carboxylic acid groups (broad SMARTS) is 1. The average Bonchev–Trinajstić information content (AvgIpc) is 2.57. The van der Waals surface area contributed by atoms with Crippen molar-refractivity contribution in [3.05, 3.63) is 29.3 Å². The lowest BCUT2D eigenvalue weighted by Crippen LogP contribution is -2.24. The lowest BCUT2D eigenvalue weighted by Gasteiger charge is -2.22. The van der Waals surface area contributed by atoms with E-state index < -0.39 is 5.97 Å². The van der Waals surface area contributed by atoms with Crippen LogP contribution >= 0.6 is 0 Å². The van der Waals surface area contributed by atoms with Crippen LogP contribution in [0.2, 0.25) is 0 Å². The van der Waals surface area contributed by atoms with E-state index in [1.54, 1.807) is 0 Å². The molecule has 0 radical (unpaired) electrons. The van der Waals surface area contributed by atoms with Crippen molar-refractivity contribution in [1.29, 1.82) is 0 Å². The zero-order chi connectivity index (χ0) is 15.0. The lowest BCUT2D eigenvalue weighted by atomic mass is 9.83. The zero-order valence-electron chi connectivity index (χ0n) is 12.8. The summed E-state index contributed by atoms with van der Waals surface area (Å²) >= 11 is 0. The van der Waals surface area contributed by atoms with Crippen molar-refractivity contribution in [1.82, 2.24) is 0 Å². The van der Waals surface area contributed by atoms with Gasteiger partial charge < -0.3 is 9.84 Å². The Morgan fingerprint density at radius 2 is 2.10 bits per heavy atom. The Morgan fingerprint density at radius 1 is 1.40 bits per heavy atom. The third-order valence-corrected chi connectivity index (χ3v) is 3.85. The van der Waals surface area contributed by atoms with E-state index in [9.17, 15) is 4.79 Å². The summed E-state index contributed by atoms with van der Waals surface area (Å²) in [5.74, 6) is 0.266. The molecular formula is C17H24O3. The molecule has 1 N–H and O–H groups in total. The quantitative estimate of drug-likeness (QED) is 0.889. The van der Waals surface area contributed by atoms with Gasteiger partial charge in [0.1, 0.15) is 11.4 Å². The minimum atomic E-state index is -0.723. The molecule has 1 aliphatic rings. The molecule has 0 aliphatic carbocycles. The number of hydrogen-bond donors (Lipinski definition) is 1. The van der Waals surface area contributed by atoms with E-state index in [1.165, 1.54) is 11.1 Å². The highest BCUT2D eigenvalue weighted by atomic mass is 16.5. The Balaban J connectivity index is 2.01. The van der Waals surface area contributed by atoms with E-state index in [-0.39, 0.29) is 17.4 Å². The van der Waals surface area contributed by atoms with Crippen LogP contribution in [0.4, 0.5) is 0 Å². The van der Waals surface area contributed by atoms with E-state index in [2.05, 4.69) is 26.0 Å². The van der Waals surface area contributed by atoms with Gasteiger partial charge in [0.05, 0.1) is 6.42 Å². The number of fused-ring (bicyclic) bond motifs is 1. The number of ether oxygens (including phenoxy) is 1. The fourth-order valence-corrected chi connectivity index (χ4v) is 2.80. The van der Waals surface area contributed by atoms with Gasteiger partial charge >= 0.3 is 5.97 Å². The van der Waals surface area contributed by atoms with Gasteiger partial charge in [-0.2, -0.15) is 0 Å². The molecule has 0 unspecified atom stereocenters. The molecule has 0 spiro atoms. The number of carbonyl (C=O) groups is 1. The maximum atomic E-state index is 10.8. The molecule has 110 valence electrons. The predicted octanol–water partition coefficient (Wildman–Crippen LogP) is 3.83. The van der Waals surface area contributed by atoms with Gasteiger partial charge in [0.2, 0.25) is 0 Å². The Labute approximate surface area is 121 Å². The fourth-order valence-electron chi connectivity index (χ4n) is 2.80. The van der Waals surface area contributed by atoms with Crippen LogP contribution in [0.1, 0.15) is 51.7 Å². The molecule has 1 aliphatic heterocycles. The summed E-state index contributed by atoms with van der Waals surface area (Å²) in [4.78, 5) is 10.8. The van der Waals surface area contributed by atoms with Crippen molar-refractivity contribution in [2.24, 2.45) is 5.41 Å². The number of aryl methyl sites for hydroxylation is 1. The molecule has 1 aromatic rings. The standard InChI is InChI=1S/C17H24O3/c1-16(2,11-15(18)19)8-7-12-5-6-14-13(9-12)10-17(3,4)20-14/h5-6,9H,7-8,10-11H2,1-4H3,(H,18,19). The Morgan fingerprint density at radius 3 is 2.75 bits per heavy atom. The topological polar surface area (TPSA) is 46.5 Å². The second kappa shape index (κ2) is 5.12. The van der Waals surface area contributed by atoms with E-state index in [1.807, 2.05) is 19.9 Å². The largest absolute Gasteiger partial charge is 0.487 e. The van der Waals surface area contributed by atoms with Crippen LogP contribution in [0, 0.1) is 5.41 Å². The first kappa shape index (κ1) is 14.9. The number of carboxylic acids is 1. The molecule has 1 aromatic carbocycles. The number of aliphatic carboxylic acids is 1. The van der Waals surface area contributed by atoms with Crippen LogP contribution < -0.4 is 4.74 Å². The molecule has 0 saturated heterocycles. The molecule has 0 amide bonds. The van der Waals surface area contributed by atoms with Gasteiger partial charge in [-0.15, -0.1) is 0 Å². The summed E-state index contributed by atoms with van der Waals surface area (Å²) in [6.45, 7) is 8.23. The lowest BCUT2D eigenvalue weighted by molar-refractivity contribution is -0.139. The summed E-state index contributed by atoms with van der Waals surface area (Å²) in [6.07, 6.45) is 2.94. The summed E-state index contributed by atoms with van der Waals surface area (Å²) in [5, 5.41) is 8.91. The van der Waals surface area contributed by atoms with E-state index in [4.69, 9.17) is 9.84 Å². The number of benzene rings is 1. The van der Waals surface area contributed by atoms with Gasteiger partial charge in [-0.05, 0) is 49.3 Å². The fraction of sp³-hybridized carbons (Fsp3) is 0.588. The van der Waals surface area contributed by atoms with Crippen LogP contribution in [-0.4, -0.2) is 16.7 Å². The monoisotopic (exact) mass is 276 g/mol. The Hall–Kier alpha value is -1.51. The van der Waals surface area contributed by atoms with Gasteiger partial charge in [0.15, 0.2) is 0 Å². The first-order chi connectivity index (χ1) is 9.17. The molecule has 0 aromatic heterocycles. The van der Waals surface area contributed by atoms with E-state index in [0.717, 1.165) is 25.0 Å². The predicted molar refractivity (Wildman–Crippen MR) is 79.2 cm³/mol. The maximum absolute atomic E-state index is 10.8. The van der Waals surface area contributed by atoms with Gasteiger partial charge in [-0.3, -0.25) is 4.79 Å². The summed E-state index contributed by atoms with van der Waals surface area (Å²) in [6, 6.07) is 6.35. The second-order valence-electron chi connectivity index (χ2n) is 7.22. The first-order valence-electron chi connectivity index (χ1n) is 7.20. The van der Waals surface area contributed by atoms with Crippen molar-refractivity contribution < 1.29 is 14.6 Å². The molecular weight excluding hydrogens is 252 g/mol. The zero-order valence-corrected chi connectivity index (χ0v) is 12.8. The average molecular weight is 276 g/mol. The van der Waals surface area contributed by atoms with Crippen LogP contribution in [-0.2, 0) is 17.6 Å². The van der Waals surface area contributed by atoms with E-state index >= 15 is 0 Å². The number of hydrogen-bond acceptors (Lipinski definition) is 2. The number of rotatable bonds is 5. The normalized spacial score (nSPS) is 16.6. The van der Waals surface area contributed by atoms with Crippen LogP contribution in [0.25, 0.3) is 0 Å². The highest BCUT2D eigenvalue weighted by Crippen LogP contribution is 2.36.